The second-order valence-electron chi connectivity index (χ2n) is 3.67. The molecule has 0 saturated carbocycles. The number of anilines is 2. The van der Waals surface area contributed by atoms with Crippen LogP contribution in [-0.4, -0.2) is 19.1 Å². The number of hydrogen-bond donors (Lipinski definition) is 3. The molecule has 5 heteroatoms. The number of primary amides is 1. The first kappa shape index (κ1) is 12.2. The fourth-order valence-corrected chi connectivity index (χ4v) is 1.41. The molecule has 0 aliphatic rings. The summed E-state index contributed by atoms with van der Waals surface area (Å²) in [5.41, 5.74) is 12.2. The Hall–Kier alpha value is -1.91. The van der Waals surface area contributed by atoms with Crippen molar-refractivity contribution in [3.05, 3.63) is 18.2 Å². The van der Waals surface area contributed by atoms with E-state index in [1.54, 1.807) is 25.3 Å². The van der Waals surface area contributed by atoms with Crippen molar-refractivity contribution in [2.45, 2.75) is 19.4 Å². The summed E-state index contributed by atoms with van der Waals surface area (Å²) in [6.45, 7) is 1.86. The van der Waals surface area contributed by atoms with Crippen LogP contribution in [0.25, 0.3) is 0 Å². The van der Waals surface area contributed by atoms with Crippen LogP contribution >= 0.6 is 0 Å². The van der Waals surface area contributed by atoms with Crippen molar-refractivity contribution in [3.63, 3.8) is 0 Å². The molecule has 0 saturated heterocycles. The summed E-state index contributed by atoms with van der Waals surface area (Å²) in [5, 5.41) is 3.11. The highest BCUT2D eigenvalue weighted by atomic mass is 16.5. The van der Waals surface area contributed by atoms with E-state index in [9.17, 15) is 4.79 Å². The zero-order chi connectivity index (χ0) is 12.1. The van der Waals surface area contributed by atoms with E-state index in [0.29, 0.717) is 11.4 Å². The number of hydrogen-bond acceptors (Lipinski definition) is 4. The molecule has 1 amide bonds. The zero-order valence-corrected chi connectivity index (χ0v) is 9.49. The van der Waals surface area contributed by atoms with Gasteiger partial charge in [-0.3, -0.25) is 4.79 Å². The van der Waals surface area contributed by atoms with E-state index in [-0.39, 0.29) is 18.4 Å². The minimum absolute atomic E-state index is 0.0630. The molecule has 0 heterocycles. The normalized spacial score (nSPS) is 11.9. The largest absolute Gasteiger partial charge is 0.497 e. The molecular weight excluding hydrogens is 206 g/mol. The first-order valence-electron chi connectivity index (χ1n) is 5.01. The highest BCUT2D eigenvalue weighted by molar-refractivity contribution is 5.75. The van der Waals surface area contributed by atoms with Crippen molar-refractivity contribution < 1.29 is 9.53 Å². The maximum atomic E-state index is 10.7. The fraction of sp³-hybridized carbons (Fsp3) is 0.364. The third kappa shape index (κ3) is 3.34. The number of benzene rings is 1. The second-order valence-corrected chi connectivity index (χ2v) is 3.67. The summed E-state index contributed by atoms with van der Waals surface area (Å²) < 4.78 is 5.09. The molecule has 0 aromatic heterocycles. The molecule has 0 aliphatic carbocycles. The lowest BCUT2D eigenvalue weighted by atomic mass is 10.2. The number of ether oxygens (including phenoxy) is 1. The number of amides is 1. The van der Waals surface area contributed by atoms with Gasteiger partial charge < -0.3 is 21.5 Å². The molecular formula is C11H17N3O2. The quantitative estimate of drug-likeness (QED) is 0.648. The summed E-state index contributed by atoms with van der Waals surface area (Å²) in [5.74, 6) is 0.365. The zero-order valence-electron chi connectivity index (χ0n) is 9.49. The van der Waals surface area contributed by atoms with Crippen molar-refractivity contribution in [1.29, 1.82) is 0 Å². The maximum Gasteiger partial charge on any atom is 0.219 e. The summed E-state index contributed by atoms with van der Waals surface area (Å²) in [4.78, 5) is 10.7. The van der Waals surface area contributed by atoms with Crippen LogP contribution in [0.3, 0.4) is 0 Å². The van der Waals surface area contributed by atoms with Crippen LogP contribution in [0.15, 0.2) is 18.2 Å². The number of nitrogens with one attached hydrogen (secondary N) is 1. The summed E-state index contributed by atoms with van der Waals surface area (Å²) in [6, 6.07) is 5.25. The van der Waals surface area contributed by atoms with Crippen molar-refractivity contribution >= 4 is 17.3 Å². The smallest absolute Gasteiger partial charge is 0.219 e. The summed E-state index contributed by atoms with van der Waals surface area (Å²) >= 11 is 0. The molecule has 1 aromatic rings. The molecule has 0 spiro atoms. The van der Waals surface area contributed by atoms with E-state index in [2.05, 4.69) is 5.32 Å². The second kappa shape index (κ2) is 5.25. The van der Waals surface area contributed by atoms with Crippen LogP contribution in [0, 0.1) is 0 Å². The van der Waals surface area contributed by atoms with E-state index in [0.717, 1.165) is 5.69 Å². The van der Waals surface area contributed by atoms with Gasteiger partial charge in [0.25, 0.3) is 0 Å². The van der Waals surface area contributed by atoms with Crippen LogP contribution < -0.4 is 21.5 Å². The Morgan fingerprint density at radius 1 is 1.56 bits per heavy atom. The minimum atomic E-state index is -0.346. The molecule has 5 nitrogen and oxygen atoms in total. The number of carbonyl (C=O) groups is 1. The monoisotopic (exact) mass is 223 g/mol. The minimum Gasteiger partial charge on any atom is -0.497 e. The van der Waals surface area contributed by atoms with Gasteiger partial charge in [-0.25, -0.2) is 0 Å². The van der Waals surface area contributed by atoms with Crippen molar-refractivity contribution in [2.24, 2.45) is 5.73 Å². The fourth-order valence-electron chi connectivity index (χ4n) is 1.41. The average molecular weight is 223 g/mol. The highest BCUT2D eigenvalue weighted by Crippen LogP contribution is 2.25. The van der Waals surface area contributed by atoms with Crippen molar-refractivity contribution in [1.82, 2.24) is 0 Å². The Morgan fingerprint density at radius 2 is 2.25 bits per heavy atom. The van der Waals surface area contributed by atoms with Crippen LogP contribution in [0.5, 0.6) is 5.75 Å². The lowest BCUT2D eigenvalue weighted by Crippen LogP contribution is -2.24. The Labute approximate surface area is 94.8 Å². The van der Waals surface area contributed by atoms with Gasteiger partial charge in [-0.2, -0.15) is 0 Å². The molecule has 0 radical (unpaired) electrons. The standard InChI is InChI=1S/C11H17N3O2/c1-7(5-11(13)15)14-10-6-8(16-2)3-4-9(10)12/h3-4,6-7,14H,5,12H2,1-2H3,(H2,13,15). The van der Waals surface area contributed by atoms with E-state index in [1.165, 1.54) is 0 Å². The molecule has 88 valence electrons. The van der Waals surface area contributed by atoms with Crippen LogP contribution in [-0.2, 0) is 4.79 Å². The first-order valence-corrected chi connectivity index (χ1v) is 5.01. The van der Waals surface area contributed by atoms with Crippen LogP contribution in [0.4, 0.5) is 11.4 Å². The number of nitrogens with two attached hydrogens (primary N) is 2. The molecule has 0 fully saturated rings. The summed E-state index contributed by atoms with van der Waals surface area (Å²) in [6.07, 6.45) is 0.261. The topological polar surface area (TPSA) is 90.4 Å². The molecule has 1 atom stereocenters. The maximum absolute atomic E-state index is 10.7. The number of nitrogen functional groups attached to an aromatic ring is 1. The Kier molecular flexibility index (Phi) is 3.99. The Bertz CT molecular complexity index is 379. The van der Waals surface area contributed by atoms with E-state index >= 15 is 0 Å². The van der Waals surface area contributed by atoms with Crippen molar-refractivity contribution in [3.8, 4) is 5.75 Å². The van der Waals surface area contributed by atoms with Gasteiger partial charge in [0.15, 0.2) is 0 Å². The van der Waals surface area contributed by atoms with E-state index in [1.807, 2.05) is 6.92 Å². The van der Waals surface area contributed by atoms with Gasteiger partial charge >= 0.3 is 0 Å². The SMILES string of the molecule is COc1ccc(N)c(NC(C)CC(N)=O)c1. The number of carbonyl (C=O) groups excluding carboxylic acids is 1. The van der Waals surface area contributed by atoms with E-state index in [4.69, 9.17) is 16.2 Å². The van der Waals surface area contributed by atoms with Gasteiger partial charge in [-0.15, -0.1) is 0 Å². The molecule has 0 aliphatic heterocycles. The van der Waals surface area contributed by atoms with Crippen LogP contribution in [0.2, 0.25) is 0 Å². The first-order chi connectivity index (χ1) is 7.52. The predicted molar refractivity (Wildman–Crippen MR) is 64.3 cm³/mol. The van der Waals surface area contributed by atoms with Crippen molar-refractivity contribution in [2.75, 3.05) is 18.2 Å². The molecule has 5 N–H and O–H groups in total. The number of rotatable bonds is 5. The Balaban J connectivity index is 2.75. The summed E-state index contributed by atoms with van der Waals surface area (Å²) in [7, 11) is 1.59. The van der Waals surface area contributed by atoms with Gasteiger partial charge in [-0.1, -0.05) is 0 Å². The molecule has 16 heavy (non-hydrogen) atoms. The van der Waals surface area contributed by atoms with Gasteiger partial charge in [0, 0.05) is 18.5 Å². The van der Waals surface area contributed by atoms with Gasteiger partial charge in [0.05, 0.1) is 18.5 Å². The molecule has 0 bridgehead atoms. The van der Waals surface area contributed by atoms with Gasteiger partial charge in [0.2, 0.25) is 5.91 Å². The lowest BCUT2D eigenvalue weighted by Gasteiger charge is -2.16. The molecule has 1 unspecified atom stereocenters. The molecule has 1 rings (SSSR count). The Morgan fingerprint density at radius 3 is 2.81 bits per heavy atom. The van der Waals surface area contributed by atoms with E-state index < -0.39 is 0 Å². The van der Waals surface area contributed by atoms with Crippen LogP contribution in [0.1, 0.15) is 13.3 Å². The highest BCUT2D eigenvalue weighted by Gasteiger charge is 2.08. The third-order valence-electron chi connectivity index (χ3n) is 2.17. The number of methoxy groups -OCH3 is 1. The average Bonchev–Trinajstić information content (AvgIpc) is 2.20. The third-order valence-corrected chi connectivity index (χ3v) is 2.17. The predicted octanol–water partition coefficient (Wildman–Crippen LogP) is 0.953. The lowest BCUT2D eigenvalue weighted by molar-refractivity contribution is -0.118. The van der Waals surface area contributed by atoms with Gasteiger partial charge in [-0.05, 0) is 19.1 Å². The molecule has 1 aromatic carbocycles. The van der Waals surface area contributed by atoms with Gasteiger partial charge in [0.1, 0.15) is 5.75 Å².